The number of nitrogens with two attached hydrogens (primary N) is 1. The molecule has 0 aromatic rings. The topological polar surface area (TPSA) is 113 Å². The lowest BCUT2D eigenvalue weighted by molar-refractivity contribution is -0.123. The molecule has 0 unspecified atom stereocenters. The van der Waals surface area contributed by atoms with Gasteiger partial charge in [0.05, 0.1) is 5.54 Å². The molecule has 4 N–H and O–H groups in total. The van der Waals surface area contributed by atoms with Crippen LogP contribution in [0.25, 0.3) is 0 Å². The molecular weight excluding hydrogens is 378 g/mol. The first-order valence-corrected chi connectivity index (χ1v) is 12.4. The summed E-state index contributed by atoms with van der Waals surface area (Å²) < 4.78 is 30.1. The van der Waals surface area contributed by atoms with Crippen LogP contribution >= 0.6 is 0 Å². The van der Waals surface area contributed by atoms with E-state index in [0.717, 1.165) is 43.0 Å². The van der Waals surface area contributed by atoms with Crippen LogP contribution < -0.4 is 11.1 Å². The van der Waals surface area contributed by atoms with Crippen molar-refractivity contribution < 1.29 is 17.8 Å². The Morgan fingerprint density at radius 2 is 1.61 bits per heavy atom. The molecule has 1 aliphatic carbocycles. The van der Waals surface area contributed by atoms with E-state index in [0.29, 0.717) is 19.0 Å². The number of hydrogen-bond acceptors (Lipinski definition) is 4. The SMILES string of the molecule is CCCCCCCCCCNC(=O)[C@@]1(N)C[C@H]1CC.O=S(=O)(O)N1CCCC1. The minimum atomic E-state index is -3.87. The zero-order chi connectivity index (χ0) is 21.0. The number of rotatable bonds is 12. The maximum atomic E-state index is 11.9. The van der Waals surface area contributed by atoms with Gasteiger partial charge in [0, 0.05) is 19.6 Å². The Kier molecular flexibility index (Phi) is 11.6. The third kappa shape index (κ3) is 9.20. The van der Waals surface area contributed by atoms with Gasteiger partial charge in [0.2, 0.25) is 5.91 Å². The number of amides is 1. The summed E-state index contributed by atoms with van der Waals surface area (Å²) >= 11 is 0. The van der Waals surface area contributed by atoms with Gasteiger partial charge in [-0.25, -0.2) is 0 Å². The van der Waals surface area contributed by atoms with Crippen molar-refractivity contribution in [3.63, 3.8) is 0 Å². The molecule has 0 bridgehead atoms. The highest BCUT2D eigenvalue weighted by Crippen LogP contribution is 2.43. The maximum absolute atomic E-state index is 11.9. The average molecular weight is 420 g/mol. The lowest BCUT2D eigenvalue weighted by Gasteiger charge is -2.11. The van der Waals surface area contributed by atoms with Crippen molar-refractivity contribution in [1.82, 2.24) is 9.62 Å². The van der Waals surface area contributed by atoms with E-state index in [-0.39, 0.29) is 5.91 Å². The lowest BCUT2D eigenvalue weighted by atomic mass is 10.1. The van der Waals surface area contributed by atoms with Crippen LogP contribution in [-0.2, 0) is 15.1 Å². The van der Waals surface area contributed by atoms with Gasteiger partial charge in [0.25, 0.3) is 0 Å². The zero-order valence-electron chi connectivity index (χ0n) is 17.8. The molecule has 1 saturated carbocycles. The molecule has 1 saturated heterocycles. The van der Waals surface area contributed by atoms with E-state index in [1.807, 2.05) is 0 Å². The molecule has 2 fully saturated rings. The largest absolute Gasteiger partial charge is 0.354 e. The van der Waals surface area contributed by atoms with Gasteiger partial charge >= 0.3 is 10.3 Å². The van der Waals surface area contributed by atoms with Gasteiger partial charge < -0.3 is 11.1 Å². The second-order valence-electron chi connectivity index (χ2n) is 8.16. The summed E-state index contributed by atoms with van der Waals surface area (Å²) in [5, 5.41) is 3.00. The second-order valence-corrected chi connectivity index (χ2v) is 9.58. The first-order chi connectivity index (χ1) is 13.3. The van der Waals surface area contributed by atoms with E-state index in [1.54, 1.807) is 0 Å². The Labute approximate surface area is 171 Å². The van der Waals surface area contributed by atoms with E-state index in [2.05, 4.69) is 19.2 Å². The molecular formula is C20H41N3O4S. The van der Waals surface area contributed by atoms with Crippen molar-refractivity contribution in [2.24, 2.45) is 11.7 Å². The number of nitrogens with one attached hydrogen (secondary N) is 1. The van der Waals surface area contributed by atoms with Crippen LogP contribution in [0.1, 0.15) is 90.9 Å². The summed E-state index contributed by atoms with van der Waals surface area (Å²) in [6.45, 7) is 6.09. The van der Waals surface area contributed by atoms with Crippen molar-refractivity contribution in [3.05, 3.63) is 0 Å². The number of carbonyl (C=O) groups excluding carboxylic acids is 1. The van der Waals surface area contributed by atoms with E-state index in [9.17, 15) is 13.2 Å². The van der Waals surface area contributed by atoms with Gasteiger partial charge in [0.1, 0.15) is 0 Å². The molecule has 0 aromatic carbocycles. The first kappa shape index (κ1) is 25.3. The molecule has 166 valence electrons. The van der Waals surface area contributed by atoms with E-state index >= 15 is 0 Å². The molecule has 1 heterocycles. The van der Waals surface area contributed by atoms with Gasteiger partial charge in [-0.15, -0.1) is 0 Å². The van der Waals surface area contributed by atoms with Crippen LogP contribution in [0.15, 0.2) is 0 Å². The maximum Gasteiger partial charge on any atom is 0.335 e. The monoisotopic (exact) mass is 419 g/mol. The molecule has 2 atom stereocenters. The molecule has 0 radical (unpaired) electrons. The number of nitrogens with zero attached hydrogens (tertiary/aromatic N) is 1. The summed E-state index contributed by atoms with van der Waals surface area (Å²) in [5.41, 5.74) is 5.51. The Bertz CT molecular complexity index is 550. The van der Waals surface area contributed by atoms with Crippen molar-refractivity contribution in [2.45, 2.75) is 96.4 Å². The molecule has 8 heteroatoms. The molecule has 28 heavy (non-hydrogen) atoms. The molecule has 1 aliphatic heterocycles. The van der Waals surface area contributed by atoms with Gasteiger partial charge in [-0.1, -0.05) is 65.2 Å². The number of hydrogen-bond donors (Lipinski definition) is 3. The summed E-state index contributed by atoms with van der Waals surface area (Å²) in [5.74, 6) is 0.480. The minimum absolute atomic E-state index is 0.0716. The quantitative estimate of drug-likeness (QED) is 0.332. The van der Waals surface area contributed by atoms with Gasteiger partial charge in [-0.05, 0) is 31.6 Å². The zero-order valence-corrected chi connectivity index (χ0v) is 18.6. The average Bonchev–Trinajstić information content (AvgIpc) is 3.07. The molecule has 1 amide bonds. The predicted octanol–water partition coefficient (Wildman–Crippen LogP) is 3.26. The Morgan fingerprint density at radius 3 is 2.04 bits per heavy atom. The fourth-order valence-corrected chi connectivity index (χ4v) is 4.40. The Balaban J connectivity index is 0.000000362. The molecule has 7 nitrogen and oxygen atoms in total. The number of carbonyl (C=O) groups is 1. The second kappa shape index (κ2) is 12.8. The van der Waals surface area contributed by atoms with Crippen LogP contribution in [0.5, 0.6) is 0 Å². The Morgan fingerprint density at radius 1 is 1.07 bits per heavy atom. The highest BCUT2D eigenvalue weighted by molar-refractivity contribution is 7.83. The summed E-state index contributed by atoms with van der Waals surface area (Å²) in [7, 11) is -3.87. The highest BCUT2D eigenvalue weighted by atomic mass is 32.2. The van der Waals surface area contributed by atoms with E-state index in [1.165, 1.54) is 44.9 Å². The first-order valence-electron chi connectivity index (χ1n) is 11.1. The smallest absolute Gasteiger partial charge is 0.335 e. The van der Waals surface area contributed by atoms with Gasteiger partial charge in [-0.3, -0.25) is 9.35 Å². The van der Waals surface area contributed by atoms with Crippen LogP contribution in [-0.4, -0.2) is 48.4 Å². The van der Waals surface area contributed by atoms with Gasteiger partial charge in [0.15, 0.2) is 0 Å². The van der Waals surface area contributed by atoms with Crippen molar-refractivity contribution in [3.8, 4) is 0 Å². The Hall–Kier alpha value is -0.700. The van der Waals surface area contributed by atoms with E-state index < -0.39 is 15.8 Å². The standard InChI is InChI=1S/C16H32N2O.C4H9NO3S/c1-3-5-6-7-8-9-10-11-12-18-15(19)16(17)13-14(16)4-2;6-9(7,8)5-3-1-2-4-5/h14H,3-13,17H2,1-2H3,(H,18,19);1-4H2,(H,6,7,8)/t14-,16-;/m1./s1. The number of unbranched alkanes of at least 4 members (excludes halogenated alkanes) is 7. The molecule has 0 spiro atoms. The van der Waals surface area contributed by atoms with Crippen LogP contribution in [0.4, 0.5) is 0 Å². The highest BCUT2D eigenvalue weighted by Gasteiger charge is 2.55. The summed E-state index contributed by atoms with van der Waals surface area (Å²) in [6.07, 6.45) is 14.0. The van der Waals surface area contributed by atoms with Crippen molar-refractivity contribution in [1.29, 1.82) is 0 Å². The van der Waals surface area contributed by atoms with Crippen molar-refractivity contribution >= 4 is 16.2 Å². The fourth-order valence-electron chi connectivity index (χ4n) is 3.68. The third-order valence-electron chi connectivity index (χ3n) is 5.78. The normalized spacial score (nSPS) is 24.5. The molecule has 2 rings (SSSR count). The molecule has 2 aliphatic rings. The van der Waals surface area contributed by atoms with Gasteiger partial charge in [-0.2, -0.15) is 12.7 Å². The lowest BCUT2D eigenvalue weighted by Crippen LogP contribution is -2.44. The third-order valence-corrected chi connectivity index (χ3v) is 6.79. The van der Waals surface area contributed by atoms with Crippen LogP contribution in [0, 0.1) is 5.92 Å². The van der Waals surface area contributed by atoms with Crippen LogP contribution in [0.2, 0.25) is 0 Å². The van der Waals surface area contributed by atoms with Crippen LogP contribution in [0.3, 0.4) is 0 Å². The van der Waals surface area contributed by atoms with E-state index in [4.69, 9.17) is 10.3 Å². The minimum Gasteiger partial charge on any atom is -0.354 e. The summed E-state index contributed by atoms with van der Waals surface area (Å²) in [6, 6.07) is 0. The summed E-state index contributed by atoms with van der Waals surface area (Å²) in [4.78, 5) is 11.9. The predicted molar refractivity (Wildman–Crippen MR) is 113 cm³/mol. The fraction of sp³-hybridized carbons (Fsp3) is 0.950. The molecule has 0 aromatic heterocycles. The van der Waals surface area contributed by atoms with Crippen molar-refractivity contribution in [2.75, 3.05) is 19.6 Å².